The number of allylic oxidation sites excluding steroid dienone is 1. The maximum Gasteiger partial charge on any atom is 0.236 e. The Kier molecular flexibility index (Phi) is 5.08. The molecule has 2 amide bonds. The Morgan fingerprint density at radius 2 is 1.69 bits per heavy atom. The van der Waals surface area contributed by atoms with Crippen molar-refractivity contribution >= 4 is 17.8 Å². The average molecular weight is 396 g/mol. The van der Waals surface area contributed by atoms with Gasteiger partial charge in [0.1, 0.15) is 0 Å². The summed E-state index contributed by atoms with van der Waals surface area (Å²) in [5, 5.41) is 0. The molecule has 3 heterocycles. The highest BCUT2D eigenvalue weighted by Crippen LogP contribution is 2.51. The van der Waals surface area contributed by atoms with Crippen LogP contribution in [0.4, 0.5) is 5.95 Å². The van der Waals surface area contributed by atoms with E-state index in [9.17, 15) is 9.59 Å². The highest BCUT2D eigenvalue weighted by atomic mass is 16.2. The van der Waals surface area contributed by atoms with Gasteiger partial charge in [0.15, 0.2) is 0 Å². The number of aromatic nitrogens is 2. The van der Waals surface area contributed by atoms with E-state index in [-0.39, 0.29) is 23.7 Å². The number of likely N-dealkylation sites (tertiary alicyclic amines) is 1. The number of carbonyl (C=O) groups is 2. The molecular weight excluding hydrogens is 366 g/mol. The van der Waals surface area contributed by atoms with Crippen molar-refractivity contribution in [2.24, 2.45) is 17.8 Å². The number of fused-ring (bicyclic) bond motifs is 5. The first-order chi connectivity index (χ1) is 14.2. The van der Waals surface area contributed by atoms with E-state index in [0.717, 1.165) is 70.8 Å². The number of imide groups is 1. The topological polar surface area (TPSA) is 69.6 Å². The molecule has 4 aliphatic rings. The highest BCUT2D eigenvalue weighted by Gasteiger charge is 2.53. The van der Waals surface area contributed by atoms with Crippen LogP contribution in [0, 0.1) is 17.8 Å². The molecule has 0 radical (unpaired) electrons. The van der Waals surface area contributed by atoms with Crippen molar-refractivity contribution < 1.29 is 9.59 Å². The van der Waals surface area contributed by atoms with Gasteiger partial charge in [-0.15, -0.1) is 0 Å². The normalized spacial score (nSPS) is 29.4. The molecule has 3 atom stereocenters. The molecule has 2 saturated heterocycles. The molecule has 1 saturated carbocycles. The first-order valence-corrected chi connectivity index (χ1v) is 11.0. The Labute approximate surface area is 171 Å². The molecule has 1 aromatic rings. The lowest BCUT2D eigenvalue weighted by molar-refractivity contribution is -0.153. The fourth-order valence-electron chi connectivity index (χ4n) is 5.60. The molecule has 0 aromatic carbocycles. The van der Waals surface area contributed by atoms with E-state index in [1.807, 2.05) is 6.07 Å². The first kappa shape index (κ1) is 18.7. The van der Waals surface area contributed by atoms with Gasteiger partial charge >= 0.3 is 0 Å². The molecule has 7 heteroatoms. The predicted molar refractivity (Wildman–Crippen MR) is 109 cm³/mol. The Balaban J connectivity index is 1.07. The number of carbonyl (C=O) groups excluding carboxylic acids is 2. The number of piperidine rings is 1. The molecule has 1 aromatic heterocycles. The molecule has 2 aliphatic carbocycles. The zero-order valence-corrected chi connectivity index (χ0v) is 16.9. The highest BCUT2D eigenvalue weighted by molar-refractivity contribution is 6.03. The zero-order chi connectivity index (χ0) is 19.8. The summed E-state index contributed by atoms with van der Waals surface area (Å²) in [6.07, 6.45) is 10.6. The summed E-state index contributed by atoms with van der Waals surface area (Å²) in [5.74, 6) is 1.39. The van der Waals surface area contributed by atoms with Crippen molar-refractivity contribution in [1.82, 2.24) is 19.8 Å². The Morgan fingerprint density at radius 1 is 0.931 bits per heavy atom. The van der Waals surface area contributed by atoms with E-state index in [4.69, 9.17) is 0 Å². The lowest BCUT2D eigenvalue weighted by Gasteiger charge is -2.35. The molecule has 2 bridgehead atoms. The van der Waals surface area contributed by atoms with Crippen molar-refractivity contribution in [2.75, 3.05) is 44.2 Å². The number of amides is 2. The van der Waals surface area contributed by atoms with Crippen LogP contribution < -0.4 is 4.90 Å². The SMILES string of the molecule is O=C1C2CC(C(=O)N1CCCCN1CCN(c3ncccn3)CC1)C1CCC=C21. The summed E-state index contributed by atoms with van der Waals surface area (Å²) in [6, 6.07) is 1.84. The number of unbranched alkanes of at least 4 members (excludes halogenated alkanes) is 1. The van der Waals surface area contributed by atoms with Gasteiger partial charge in [-0.05, 0) is 50.6 Å². The largest absolute Gasteiger partial charge is 0.338 e. The third-order valence-electron chi connectivity index (χ3n) is 7.12. The summed E-state index contributed by atoms with van der Waals surface area (Å²) < 4.78 is 0. The van der Waals surface area contributed by atoms with Crippen LogP contribution >= 0.6 is 0 Å². The smallest absolute Gasteiger partial charge is 0.236 e. The molecule has 7 nitrogen and oxygen atoms in total. The van der Waals surface area contributed by atoms with Crippen LogP contribution in [0.15, 0.2) is 30.1 Å². The second kappa shape index (κ2) is 7.86. The van der Waals surface area contributed by atoms with Crippen molar-refractivity contribution in [3.8, 4) is 0 Å². The predicted octanol–water partition coefficient (Wildman–Crippen LogP) is 1.72. The summed E-state index contributed by atoms with van der Waals surface area (Å²) in [6.45, 7) is 5.47. The fourth-order valence-corrected chi connectivity index (χ4v) is 5.60. The summed E-state index contributed by atoms with van der Waals surface area (Å²) in [4.78, 5) is 40.6. The Bertz CT molecular complexity index is 803. The minimum Gasteiger partial charge on any atom is -0.338 e. The van der Waals surface area contributed by atoms with Crippen LogP contribution in [0.3, 0.4) is 0 Å². The lowest BCUT2D eigenvalue weighted by Crippen LogP contribution is -2.48. The minimum atomic E-state index is -0.00140. The van der Waals surface area contributed by atoms with E-state index < -0.39 is 0 Å². The molecule has 0 spiro atoms. The van der Waals surface area contributed by atoms with Crippen molar-refractivity contribution in [1.29, 1.82) is 0 Å². The van der Waals surface area contributed by atoms with Gasteiger partial charge in [0.05, 0.1) is 5.92 Å². The third kappa shape index (κ3) is 3.45. The van der Waals surface area contributed by atoms with Crippen LogP contribution in [0.2, 0.25) is 0 Å². The molecule has 5 rings (SSSR count). The monoisotopic (exact) mass is 395 g/mol. The van der Waals surface area contributed by atoms with E-state index in [0.29, 0.717) is 12.5 Å². The van der Waals surface area contributed by atoms with Crippen LogP contribution in [0.25, 0.3) is 0 Å². The maximum absolute atomic E-state index is 12.9. The van der Waals surface area contributed by atoms with Gasteiger partial charge in [-0.3, -0.25) is 19.4 Å². The van der Waals surface area contributed by atoms with Gasteiger partial charge in [-0.2, -0.15) is 0 Å². The van der Waals surface area contributed by atoms with Gasteiger partial charge in [0, 0.05) is 51.0 Å². The van der Waals surface area contributed by atoms with Crippen molar-refractivity contribution in [3.05, 3.63) is 30.1 Å². The standard InChI is InChI=1S/C22H29N5O2/c28-20-18-15-19(17-6-3-5-16(17)18)21(29)27(20)10-2-1-9-25-11-13-26(14-12-25)22-23-7-4-8-24-22/h4-5,7-8,17-19H,1-3,6,9-15H2. The Morgan fingerprint density at radius 3 is 2.48 bits per heavy atom. The summed E-state index contributed by atoms with van der Waals surface area (Å²) in [7, 11) is 0. The molecule has 2 aliphatic heterocycles. The first-order valence-electron chi connectivity index (χ1n) is 11.0. The molecule has 3 fully saturated rings. The third-order valence-corrected chi connectivity index (χ3v) is 7.12. The average Bonchev–Trinajstić information content (AvgIpc) is 3.35. The molecule has 154 valence electrons. The number of rotatable bonds is 6. The fraction of sp³-hybridized carbons (Fsp3) is 0.636. The number of nitrogens with zero attached hydrogens (tertiary/aromatic N) is 5. The minimum absolute atomic E-state index is 0.00140. The van der Waals surface area contributed by atoms with Gasteiger partial charge in [0.2, 0.25) is 17.8 Å². The van der Waals surface area contributed by atoms with E-state index >= 15 is 0 Å². The molecule has 3 unspecified atom stereocenters. The zero-order valence-electron chi connectivity index (χ0n) is 16.9. The van der Waals surface area contributed by atoms with E-state index in [2.05, 4.69) is 25.8 Å². The van der Waals surface area contributed by atoms with Gasteiger partial charge in [0.25, 0.3) is 0 Å². The van der Waals surface area contributed by atoms with Crippen LogP contribution in [0.5, 0.6) is 0 Å². The number of hydrogen-bond donors (Lipinski definition) is 0. The quantitative estimate of drug-likeness (QED) is 0.415. The van der Waals surface area contributed by atoms with E-state index in [1.165, 1.54) is 5.57 Å². The van der Waals surface area contributed by atoms with Crippen molar-refractivity contribution in [2.45, 2.75) is 32.1 Å². The molecule has 29 heavy (non-hydrogen) atoms. The van der Waals surface area contributed by atoms with Gasteiger partial charge in [-0.25, -0.2) is 9.97 Å². The second-order valence-electron chi connectivity index (χ2n) is 8.70. The summed E-state index contributed by atoms with van der Waals surface area (Å²) >= 11 is 0. The van der Waals surface area contributed by atoms with Crippen LogP contribution in [-0.2, 0) is 9.59 Å². The van der Waals surface area contributed by atoms with Gasteiger partial charge < -0.3 is 4.90 Å². The number of piperazine rings is 1. The number of hydrogen-bond acceptors (Lipinski definition) is 6. The molecular formula is C22H29N5O2. The maximum atomic E-state index is 12.9. The molecule has 0 N–H and O–H groups in total. The van der Waals surface area contributed by atoms with Crippen molar-refractivity contribution in [3.63, 3.8) is 0 Å². The Hall–Kier alpha value is -2.28. The second-order valence-corrected chi connectivity index (χ2v) is 8.70. The summed E-state index contributed by atoms with van der Waals surface area (Å²) in [5.41, 5.74) is 1.27. The van der Waals surface area contributed by atoms with E-state index in [1.54, 1.807) is 17.3 Å². The number of anilines is 1. The van der Waals surface area contributed by atoms with Crippen LogP contribution in [-0.4, -0.2) is 70.9 Å². The van der Waals surface area contributed by atoms with Crippen LogP contribution in [0.1, 0.15) is 32.1 Å². The van der Waals surface area contributed by atoms with Gasteiger partial charge in [-0.1, -0.05) is 11.6 Å². The lowest BCUT2D eigenvalue weighted by atomic mass is 9.91.